The maximum absolute atomic E-state index is 12.4. The minimum Gasteiger partial charge on any atom is -0.493 e. The zero-order valence-corrected chi connectivity index (χ0v) is 16.3. The van der Waals surface area contributed by atoms with Crippen LogP contribution in [0.5, 0.6) is 5.75 Å². The average molecular weight is 375 g/mol. The SMILES string of the molecule is CCC(COc1ccc(S(=O)CC(C)(C)C(=O)O)cc1)c1ccccc1. The van der Waals surface area contributed by atoms with Gasteiger partial charge < -0.3 is 9.84 Å². The molecule has 0 saturated carbocycles. The highest BCUT2D eigenvalue weighted by molar-refractivity contribution is 7.85. The van der Waals surface area contributed by atoms with Crippen LogP contribution in [0.1, 0.15) is 38.7 Å². The van der Waals surface area contributed by atoms with E-state index in [1.54, 1.807) is 38.1 Å². The van der Waals surface area contributed by atoms with Crippen LogP contribution < -0.4 is 4.74 Å². The van der Waals surface area contributed by atoms with Crippen molar-refractivity contribution < 1.29 is 18.8 Å². The topological polar surface area (TPSA) is 63.6 Å². The first kappa shape index (κ1) is 20.2. The maximum atomic E-state index is 12.4. The fourth-order valence-electron chi connectivity index (χ4n) is 2.53. The Labute approximate surface area is 157 Å². The molecule has 140 valence electrons. The van der Waals surface area contributed by atoms with Gasteiger partial charge in [0, 0.05) is 16.6 Å². The summed E-state index contributed by atoms with van der Waals surface area (Å²) in [7, 11) is -1.36. The number of hydrogen-bond acceptors (Lipinski definition) is 3. The van der Waals surface area contributed by atoms with Crippen molar-refractivity contribution in [3.63, 3.8) is 0 Å². The van der Waals surface area contributed by atoms with E-state index in [2.05, 4.69) is 19.1 Å². The molecule has 2 atom stereocenters. The third-order valence-electron chi connectivity index (χ3n) is 4.37. The van der Waals surface area contributed by atoms with Crippen molar-refractivity contribution in [2.24, 2.45) is 5.41 Å². The van der Waals surface area contributed by atoms with Crippen molar-refractivity contribution >= 4 is 16.8 Å². The Morgan fingerprint density at radius 1 is 1.12 bits per heavy atom. The van der Waals surface area contributed by atoms with Gasteiger partial charge in [-0.3, -0.25) is 9.00 Å². The number of ether oxygens (including phenoxy) is 1. The summed E-state index contributed by atoms with van der Waals surface area (Å²) in [4.78, 5) is 11.8. The standard InChI is InChI=1S/C21H26O4S/c1-4-16(17-8-6-5-7-9-17)14-25-18-10-12-19(13-11-18)26(24)15-21(2,3)20(22)23/h5-13,16H,4,14-15H2,1-3H3,(H,22,23). The Hall–Kier alpha value is -2.14. The first-order valence-corrected chi connectivity index (χ1v) is 10.0. The van der Waals surface area contributed by atoms with Crippen LogP contribution >= 0.6 is 0 Å². The summed E-state index contributed by atoms with van der Waals surface area (Å²) in [5.41, 5.74) is 0.230. The number of carboxylic acid groups (broad SMARTS) is 1. The Morgan fingerprint density at radius 2 is 1.73 bits per heavy atom. The molecule has 2 rings (SSSR count). The third-order valence-corrected chi connectivity index (χ3v) is 6.15. The van der Waals surface area contributed by atoms with Gasteiger partial charge >= 0.3 is 5.97 Å². The van der Waals surface area contributed by atoms with Crippen LogP contribution in [0.4, 0.5) is 0 Å². The molecule has 0 radical (unpaired) electrons. The average Bonchev–Trinajstić information content (AvgIpc) is 2.63. The lowest BCUT2D eigenvalue weighted by Gasteiger charge is -2.18. The fourth-order valence-corrected chi connectivity index (χ4v) is 3.92. The predicted molar refractivity (Wildman–Crippen MR) is 104 cm³/mol. The van der Waals surface area contributed by atoms with Gasteiger partial charge in [-0.25, -0.2) is 0 Å². The number of carbonyl (C=O) groups is 1. The third kappa shape index (κ3) is 5.43. The van der Waals surface area contributed by atoms with E-state index in [-0.39, 0.29) is 5.75 Å². The van der Waals surface area contributed by atoms with Gasteiger partial charge in [0.1, 0.15) is 5.75 Å². The molecule has 2 unspecified atom stereocenters. The number of rotatable bonds is 9. The molecule has 0 spiro atoms. The second-order valence-corrected chi connectivity index (χ2v) is 8.43. The van der Waals surface area contributed by atoms with E-state index in [0.29, 0.717) is 17.4 Å². The van der Waals surface area contributed by atoms with E-state index in [1.165, 1.54) is 5.56 Å². The fraction of sp³-hybridized carbons (Fsp3) is 0.381. The van der Waals surface area contributed by atoms with E-state index in [1.807, 2.05) is 18.2 Å². The Balaban J connectivity index is 1.97. The Kier molecular flexibility index (Phi) is 6.98. The van der Waals surface area contributed by atoms with Crippen molar-refractivity contribution in [2.75, 3.05) is 12.4 Å². The van der Waals surface area contributed by atoms with Gasteiger partial charge in [-0.1, -0.05) is 37.3 Å². The van der Waals surface area contributed by atoms with Crippen LogP contribution in [0.3, 0.4) is 0 Å². The first-order valence-electron chi connectivity index (χ1n) is 8.73. The van der Waals surface area contributed by atoms with Crippen molar-refractivity contribution in [1.82, 2.24) is 0 Å². The highest BCUT2D eigenvalue weighted by Crippen LogP contribution is 2.24. The molecule has 0 aromatic heterocycles. The number of hydrogen-bond donors (Lipinski definition) is 1. The summed E-state index contributed by atoms with van der Waals surface area (Å²) in [6.07, 6.45) is 0.983. The molecule has 0 amide bonds. The summed E-state index contributed by atoms with van der Waals surface area (Å²) in [5, 5.41) is 9.17. The zero-order valence-electron chi connectivity index (χ0n) is 15.5. The zero-order chi connectivity index (χ0) is 19.2. The van der Waals surface area contributed by atoms with Gasteiger partial charge in [-0.2, -0.15) is 0 Å². The lowest BCUT2D eigenvalue weighted by molar-refractivity contribution is -0.145. The summed E-state index contributed by atoms with van der Waals surface area (Å²) in [6, 6.07) is 17.3. The molecule has 0 aliphatic heterocycles. The van der Waals surface area contributed by atoms with Crippen LogP contribution in [0, 0.1) is 5.41 Å². The van der Waals surface area contributed by atoms with Crippen molar-refractivity contribution in [1.29, 1.82) is 0 Å². The minimum atomic E-state index is -1.36. The van der Waals surface area contributed by atoms with E-state index in [0.717, 1.165) is 12.2 Å². The van der Waals surface area contributed by atoms with Crippen LogP contribution in [0.15, 0.2) is 59.5 Å². The summed E-state index contributed by atoms with van der Waals surface area (Å²) in [5.74, 6) is 0.172. The number of aliphatic carboxylic acids is 1. The highest BCUT2D eigenvalue weighted by Gasteiger charge is 2.30. The number of carboxylic acids is 1. The van der Waals surface area contributed by atoms with Gasteiger partial charge in [0.05, 0.1) is 22.8 Å². The van der Waals surface area contributed by atoms with Crippen LogP contribution in [0.25, 0.3) is 0 Å². The molecule has 5 heteroatoms. The van der Waals surface area contributed by atoms with Gasteiger partial charge in [0.2, 0.25) is 0 Å². The molecule has 2 aromatic carbocycles. The molecule has 0 heterocycles. The normalized spacial score (nSPS) is 13.8. The van der Waals surface area contributed by atoms with E-state index < -0.39 is 22.2 Å². The van der Waals surface area contributed by atoms with E-state index in [4.69, 9.17) is 9.84 Å². The van der Waals surface area contributed by atoms with Gasteiger partial charge in [-0.15, -0.1) is 0 Å². The van der Waals surface area contributed by atoms with E-state index >= 15 is 0 Å². The minimum absolute atomic E-state index is 0.0778. The van der Waals surface area contributed by atoms with Gasteiger partial charge in [0.15, 0.2) is 0 Å². The predicted octanol–water partition coefficient (Wildman–Crippen LogP) is 4.48. The molecule has 0 saturated heterocycles. The molecular formula is C21H26O4S. The molecule has 4 nitrogen and oxygen atoms in total. The summed E-state index contributed by atoms with van der Waals surface area (Å²) < 4.78 is 18.3. The quantitative estimate of drug-likeness (QED) is 0.703. The van der Waals surface area contributed by atoms with E-state index in [9.17, 15) is 9.00 Å². The van der Waals surface area contributed by atoms with Crippen LogP contribution in [-0.4, -0.2) is 27.6 Å². The van der Waals surface area contributed by atoms with Crippen molar-refractivity contribution in [2.45, 2.75) is 38.0 Å². The molecule has 0 fully saturated rings. The molecule has 0 aliphatic rings. The Morgan fingerprint density at radius 3 is 2.27 bits per heavy atom. The maximum Gasteiger partial charge on any atom is 0.310 e. The number of benzene rings is 2. The molecule has 26 heavy (non-hydrogen) atoms. The second kappa shape index (κ2) is 8.99. The van der Waals surface area contributed by atoms with Crippen molar-refractivity contribution in [3.05, 3.63) is 60.2 Å². The molecule has 0 bridgehead atoms. The second-order valence-electron chi connectivity index (χ2n) is 6.98. The van der Waals surface area contributed by atoms with Crippen LogP contribution in [-0.2, 0) is 15.6 Å². The van der Waals surface area contributed by atoms with Gasteiger partial charge in [0.25, 0.3) is 0 Å². The molecular weight excluding hydrogens is 348 g/mol. The summed E-state index contributed by atoms with van der Waals surface area (Å²) >= 11 is 0. The molecule has 1 N–H and O–H groups in total. The largest absolute Gasteiger partial charge is 0.493 e. The molecule has 2 aromatic rings. The summed E-state index contributed by atoms with van der Waals surface area (Å²) in [6.45, 7) is 5.88. The van der Waals surface area contributed by atoms with Crippen LogP contribution in [0.2, 0.25) is 0 Å². The smallest absolute Gasteiger partial charge is 0.310 e. The first-order chi connectivity index (χ1) is 12.3. The highest BCUT2D eigenvalue weighted by atomic mass is 32.2. The molecule has 0 aliphatic carbocycles. The monoisotopic (exact) mass is 374 g/mol. The Bertz CT molecular complexity index is 738. The lowest BCUT2D eigenvalue weighted by atomic mass is 9.97. The van der Waals surface area contributed by atoms with Crippen molar-refractivity contribution in [3.8, 4) is 5.75 Å². The lowest BCUT2D eigenvalue weighted by Crippen LogP contribution is -2.30. The van der Waals surface area contributed by atoms with Gasteiger partial charge in [-0.05, 0) is 50.1 Å².